The summed E-state index contributed by atoms with van der Waals surface area (Å²) in [5, 5.41) is 19.6. The standard InChI is InChI=1S/C23H22N4O4S/c1-15-5-4-6-16(2)21(15)31-10-9-30-19-8-7-17(12-20(19)29-3)11-18(13-24)22(28)26-23-27-25-14-32-23/h4-8,11-12,14H,9-10H2,1-3H3,(H,26,27,28)/b18-11-. The van der Waals surface area contributed by atoms with Crippen LogP contribution in [0.5, 0.6) is 17.2 Å². The second-order valence-corrected chi connectivity index (χ2v) is 7.53. The van der Waals surface area contributed by atoms with Crippen LogP contribution in [0.15, 0.2) is 47.5 Å². The zero-order valence-corrected chi connectivity index (χ0v) is 18.7. The van der Waals surface area contributed by atoms with Gasteiger partial charge in [0.15, 0.2) is 11.5 Å². The molecule has 1 heterocycles. The molecule has 0 bridgehead atoms. The first kappa shape index (κ1) is 22.8. The van der Waals surface area contributed by atoms with Crippen LogP contribution in [0.4, 0.5) is 5.13 Å². The second-order valence-electron chi connectivity index (χ2n) is 6.70. The van der Waals surface area contributed by atoms with Crippen LogP contribution in [0.1, 0.15) is 16.7 Å². The largest absolute Gasteiger partial charge is 0.493 e. The van der Waals surface area contributed by atoms with Crippen molar-refractivity contribution in [1.29, 1.82) is 5.26 Å². The third-order valence-electron chi connectivity index (χ3n) is 4.44. The number of aromatic nitrogens is 2. The number of rotatable bonds is 9. The molecule has 0 saturated carbocycles. The molecule has 0 saturated heterocycles. The topological polar surface area (TPSA) is 106 Å². The number of amides is 1. The van der Waals surface area contributed by atoms with E-state index in [2.05, 4.69) is 15.5 Å². The van der Waals surface area contributed by atoms with Gasteiger partial charge in [-0.05, 0) is 48.7 Å². The number of anilines is 1. The number of nitriles is 1. The van der Waals surface area contributed by atoms with Gasteiger partial charge in [-0.25, -0.2) is 0 Å². The molecular weight excluding hydrogens is 428 g/mol. The maximum absolute atomic E-state index is 12.3. The lowest BCUT2D eigenvalue weighted by Crippen LogP contribution is -2.13. The van der Waals surface area contributed by atoms with Crippen LogP contribution in [-0.4, -0.2) is 36.4 Å². The van der Waals surface area contributed by atoms with Crippen LogP contribution >= 0.6 is 11.3 Å². The van der Waals surface area contributed by atoms with E-state index in [9.17, 15) is 10.1 Å². The number of hydrogen-bond acceptors (Lipinski definition) is 8. The molecule has 0 atom stereocenters. The SMILES string of the molecule is COc1cc(/C=C(/C#N)C(=O)Nc2nncs2)ccc1OCCOc1c(C)cccc1C. The van der Waals surface area contributed by atoms with Gasteiger partial charge in [0.25, 0.3) is 5.91 Å². The maximum atomic E-state index is 12.3. The molecule has 164 valence electrons. The number of carbonyl (C=O) groups is 1. The highest BCUT2D eigenvalue weighted by atomic mass is 32.1. The van der Waals surface area contributed by atoms with Gasteiger partial charge in [-0.2, -0.15) is 5.26 Å². The summed E-state index contributed by atoms with van der Waals surface area (Å²) < 4.78 is 17.1. The molecular formula is C23H22N4O4S. The number of nitrogens with zero attached hydrogens (tertiary/aromatic N) is 3. The minimum Gasteiger partial charge on any atom is -0.493 e. The van der Waals surface area contributed by atoms with Crippen LogP contribution < -0.4 is 19.5 Å². The van der Waals surface area contributed by atoms with Gasteiger partial charge in [0, 0.05) is 0 Å². The van der Waals surface area contributed by atoms with Crippen molar-refractivity contribution in [2.75, 3.05) is 25.6 Å². The molecule has 2 aromatic carbocycles. The van der Waals surface area contributed by atoms with Gasteiger partial charge in [-0.15, -0.1) is 10.2 Å². The number of carbonyl (C=O) groups excluding carboxylic acids is 1. The number of aryl methyl sites for hydroxylation is 2. The summed E-state index contributed by atoms with van der Waals surface area (Å²) in [6, 6.07) is 13.0. The molecule has 1 aromatic heterocycles. The summed E-state index contributed by atoms with van der Waals surface area (Å²) in [6.07, 6.45) is 1.47. The Balaban J connectivity index is 1.64. The fraction of sp³-hybridized carbons (Fsp3) is 0.217. The van der Waals surface area contributed by atoms with Gasteiger partial charge >= 0.3 is 0 Å². The zero-order valence-electron chi connectivity index (χ0n) is 17.9. The van der Waals surface area contributed by atoms with E-state index in [0.717, 1.165) is 16.9 Å². The predicted molar refractivity (Wildman–Crippen MR) is 122 cm³/mol. The molecule has 9 heteroatoms. The van der Waals surface area contributed by atoms with E-state index >= 15 is 0 Å². The van der Waals surface area contributed by atoms with Crippen molar-refractivity contribution in [1.82, 2.24) is 10.2 Å². The van der Waals surface area contributed by atoms with Crippen LogP contribution in [0.2, 0.25) is 0 Å². The normalized spacial score (nSPS) is 10.9. The number of nitrogens with one attached hydrogen (secondary N) is 1. The molecule has 3 aromatic rings. The second kappa shape index (κ2) is 10.9. The lowest BCUT2D eigenvalue weighted by molar-refractivity contribution is -0.112. The third kappa shape index (κ3) is 5.83. The van der Waals surface area contributed by atoms with Gasteiger partial charge < -0.3 is 14.2 Å². The van der Waals surface area contributed by atoms with Crippen molar-refractivity contribution >= 4 is 28.5 Å². The van der Waals surface area contributed by atoms with Crippen LogP contribution in [0, 0.1) is 25.2 Å². The molecule has 1 amide bonds. The molecule has 0 aliphatic rings. The van der Waals surface area contributed by atoms with Crippen molar-refractivity contribution in [2.45, 2.75) is 13.8 Å². The molecule has 0 unspecified atom stereocenters. The first-order valence-corrected chi connectivity index (χ1v) is 10.6. The Hall–Kier alpha value is -3.90. The number of para-hydroxylation sites is 1. The number of benzene rings is 2. The Morgan fingerprint density at radius 3 is 2.56 bits per heavy atom. The van der Waals surface area contributed by atoms with Crippen molar-refractivity contribution in [3.05, 3.63) is 64.2 Å². The minimum absolute atomic E-state index is 0.0714. The minimum atomic E-state index is -0.563. The van der Waals surface area contributed by atoms with Crippen molar-refractivity contribution < 1.29 is 19.0 Å². The fourth-order valence-corrected chi connectivity index (χ4v) is 3.36. The molecule has 3 rings (SSSR count). The maximum Gasteiger partial charge on any atom is 0.268 e. The molecule has 32 heavy (non-hydrogen) atoms. The van der Waals surface area contributed by atoms with E-state index in [4.69, 9.17) is 14.2 Å². The van der Waals surface area contributed by atoms with E-state index in [-0.39, 0.29) is 5.57 Å². The molecule has 1 N–H and O–H groups in total. The molecule has 0 fully saturated rings. The van der Waals surface area contributed by atoms with E-state index in [1.165, 1.54) is 30.0 Å². The summed E-state index contributed by atoms with van der Waals surface area (Å²) >= 11 is 1.17. The van der Waals surface area contributed by atoms with Crippen LogP contribution in [-0.2, 0) is 4.79 Å². The summed E-state index contributed by atoms with van der Waals surface area (Å²) in [5.74, 6) is 1.31. The van der Waals surface area contributed by atoms with Gasteiger partial charge in [-0.1, -0.05) is 35.6 Å². The average molecular weight is 451 g/mol. The van der Waals surface area contributed by atoms with Gasteiger partial charge in [0.05, 0.1) is 7.11 Å². The smallest absolute Gasteiger partial charge is 0.268 e. The predicted octanol–water partition coefficient (Wildman–Crippen LogP) is 4.17. The highest BCUT2D eigenvalue weighted by Gasteiger charge is 2.12. The summed E-state index contributed by atoms with van der Waals surface area (Å²) in [4.78, 5) is 12.3. The Labute approximate surface area is 190 Å². The molecule has 0 spiro atoms. The first-order valence-electron chi connectivity index (χ1n) is 9.71. The van der Waals surface area contributed by atoms with Crippen LogP contribution in [0.25, 0.3) is 6.08 Å². The Morgan fingerprint density at radius 2 is 1.91 bits per heavy atom. The van der Waals surface area contributed by atoms with E-state index < -0.39 is 5.91 Å². The zero-order chi connectivity index (χ0) is 22.9. The van der Waals surface area contributed by atoms with Gasteiger partial charge in [0.1, 0.15) is 36.1 Å². The number of ether oxygens (including phenoxy) is 3. The van der Waals surface area contributed by atoms with Crippen molar-refractivity contribution in [2.24, 2.45) is 0 Å². The number of hydrogen-bond donors (Lipinski definition) is 1. The summed E-state index contributed by atoms with van der Waals surface area (Å²) in [7, 11) is 1.52. The van der Waals surface area contributed by atoms with Crippen molar-refractivity contribution in [3.8, 4) is 23.3 Å². The molecule has 0 radical (unpaired) electrons. The van der Waals surface area contributed by atoms with Gasteiger partial charge in [0.2, 0.25) is 5.13 Å². The Bertz CT molecular complexity index is 1130. The quantitative estimate of drug-likeness (QED) is 0.296. The fourth-order valence-electron chi connectivity index (χ4n) is 2.92. The highest BCUT2D eigenvalue weighted by molar-refractivity contribution is 7.13. The number of methoxy groups -OCH3 is 1. The summed E-state index contributed by atoms with van der Waals surface area (Å²) in [5.41, 5.74) is 4.18. The molecule has 0 aliphatic carbocycles. The highest BCUT2D eigenvalue weighted by Crippen LogP contribution is 2.29. The Morgan fingerprint density at radius 1 is 1.16 bits per heavy atom. The third-order valence-corrected chi connectivity index (χ3v) is 5.05. The van der Waals surface area contributed by atoms with Gasteiger partial charge in [-0.3, -0.25) is 10.1 Å². The first-order chi connectivity index (χ1) is 15.5. The van der Waals surface area contributed by atoms with E-state index in [1.807, 2.05) is 38.1 Å². The van der Waals surface area contributed by atoms with Crippen molar-refractivity contribution in [3.63, 3.8) is 0 Å². The molecule has 0 aliphatic heterocycles. The Kier molecular flexibility index (Phi) is 7.78. The lowest BCUT2D eigenvalue weighted by atomic mass is 10.1. The monoisotopic (exact) mass is 450 g/mol. The van der Waals surface area contributed by atoms with E-state index in [0.29, 0.717) is 35.4 Å². The van der Waals surface area contributed by atoms with Crippen LogP contribution in [0.3, 0.4) is 0 Å². The summed E-state index contributed by atoms with van der Waals surface area (Å²) in [6.45, 7) is 4.71. The lowest BCUT2D eigenvalue weighted by Gasteiger charge is -2.14. The molecule has 8 nitrogen and oxygen atoms in total. The van der Waals surface area contributed by atoms with E-state index in [1.54, 1.807) is 18.2 Å². The average Bonchev–Trinajstić information content (AvgIpc) is 3.30.